The zero-order valence-electron chi connectivity index (χ0n) is 13.2. The first-order valence-electron chi connectivity index (χ1n) is 8.20. The predicted octanol–water partition coefficient (Wildman–Crippen LogP) is 6.61. The molecule has 0 unspecified atom stereocenters. The van der Waals surface area contributed by atoms with Crippen LogP contribution in [-0.4, -0.2) is 0 Å². The van der Waals surface area contributed by atoms with Crippen molar-refractivity contribution in [2.24, 2.45) is 0 Å². The molecule has 5 aromatic carbocycles. The predicted molar refractivity (Wildman–Crippen MR) is 103 cm³/mol. The minimum Gasteiger partial charge on any atom is -0.0616 e. The summed E-state index contributed by atoms with van der Waals surface area (Å²) in [5.41, 5.74) is 2.50. The van der Waals surface area contributed by atoms with Crippen molar-refractivity contribution in [3.63, 3.8) is 0 Å². The van der Waals surface area contributed by atoms with Crippen molar-refractivity contribution in [1.82, 2.24) is 0 Å². The molecule has 0 amide bonds. The molecule has 0 aliphatic heterocycles. The van der Waals surface area contributed by atoms with E-state index in [0.717, 1.165) is 0 Å². The second-order valence-corrected chi connectivity index (χ2v) is 6.21. The molecular formula is C24H15. The van der Waals surface area contributed by atoms with Crippen molar-refractivity contribution in [2.75, 3.05) is 0 Å². The van der Waals surface area contributed by atoms with Gasteiger partial charge in [0.05, 0.1) is 0 Å². The summed E-state index contributed by atoms with van der Waals surface area (Å²) in [6.07, 6.45) is 0. The van der Waals surface area contributed by atoms with Crippen LogP contribution in [0.15, 0.2) is 91.0 Å². The van der Waals surface area contributed by atoms with Gasteiger partial charge in [-0.25, -0.2) is 0 Å². The van der Waals surface area contributed by atoms with Gasteiger partial charge in [-0.05, 0) is 67.7 Å². The van der Waals surface area contributed by atoms with Crippen molar-refractivity contribution < 1.29 is 0 Å². The molecule has 0 nitrogen and oxygen atoms in total. The summed E-state index contributed by atoms with van der Waals surface area (Å²) in [4.78, 5) is 0. The first kappa shape index (κ1) is 13.3. The van der Waals surface area contributed by atoms with Crippen molar-refractivity contribution >= 4 is 32.3 Å². The molecule has 0 atom stereocenters. The lowest BCUT2D eigenvalue weighted by atomic mass is 9.96. The fourth-order valence-corrected chi connectivity index (χ4v) is 3.50. The Morgan fingerprint density at radius 3 is 2.17 bits per heavy atom. The molecule has 0 aliphatic rings. The summed E-state index contributed by atoms with van der Waals surface area (Å²) in [5.74, 6) is 0. The first-order chi connectivity index (χ1) is 11.9. The van der Waals surface area contributed by atoms with Crippen molar-refractivity contribution in [3.05, 3.63) is 97.1 Å². The minimum absolute atomic E-state index is 1.23. The molecule has 1 radical (unpaired) electrons. The van der Waals surface area contributed by atoms with Gasteiger partial charge in [0.15, 0.2) is 0 Å². The normalized spacial score (nSPS) is 11.3. The standard InChI is InChI=1S/C24H15/c1-2-7-19-15-20(11-9-17(19)5-1)21-13-14-24-22(16-21)12-10-18-6-3-4-8-23(18)24/h1,3-16H. The summed E-state index contributed by atoms with van der Waals surface area (Å²) in [5, 5.41) is 7.68. The molecule has 0 saturated heterocycles. The number of hydrogen-bond donors (Lipinski definition) is 0. The molecule has 0 aliphatic carbocycles. The lowest BCUT2D eigenvalue weighted by molar-refractivity contribution is 1.68. The maximum atomic E-state index is 3.16. The summed E-state index contributed by atoms with van der Waals surface area (Å²) in [6, 6.07) is 35.6. The van der Waals surface area contributed by atoms with E-state index < -0.39 is 0 Å². The monoisotopic (exact) mass is 303 g/mol. The molecule has 0 N–H and O–H groups in total. The van der Waals surface area contributed by atoms with Crippen molar-refractivity contribution in [2.45, 2.75) is 0 Å². The van der Waals surface area contributed by atoms with E-state index >= 15 is 0 Å². The summed E-state index contributed by atoms with van der Waals surface area (Å²) in [7, 11) is 0. The van der Waals surface area contributed by atoms with E-state index in [0.29, 0.717) is 0 Å². The zero-order chi connectivity index (χ0) is 15.9. The maximum absolute atomic E-state index is 3.16. The van der Waals surface area contributed by atoms with Gasteiger partial charge in [0.2, 0.25) is 0 Å². The molecule has 5 rings (SSSR count). The van der Waals surface area contributed by atoms with E-state index in [9.17, 15) is 0 Å². The smallest absolute Gasteiger partial charge is 0.0105 e. The van der Waals surface area contributed by atoms with E-state index in [-0.39, 0.29) is 0 Å². The molecule has 111 valence electrons. The van der Waals surface area contributed by atoms with Gasteiger partial charge in [0.25, 0.3) is 0 Å². The Bertz CT molecular complexity index is 1200. The van der Waals surface area contributed by atoms with Crippen molar-refractivity contribution in [3.8, 4) is 11.1 Å². The Hall–Kier alpha value is -3.12. The van der Waals surface area contributed by atoms with Crippen LogP contribution in [0.1, 0.15) is 0 Å². The Morgan fingerprint density at radius 2 is 1.21 bits per heavy atom. The van der Waals surface area contributed by atoms with Gasteiger partial charge in [0.1, 0.15) is 0 Å². The summed E-state index contributed by atoms with van der Waals surface area (Å²) < 4.78 is 0. The number of hydrogen-bond acceptors (Lipinski definition) is 0. The van der Waals surface area contributed by atoms with Crippen LogP contribution in [0.2, 0.25) is 0 Å². The lowest BCUT2D eigenvalue weighted by Crippen LogP contribution is -1.82. The van der Waals surface area contributed by atoms with E-state index in [4.69, 9.17) is 0 Å². The van der Waals surface area contributed by atoms with Gasteiger partial charge in [-0.1, -0.05) is 72.8 Å². The van der Waals surface area contributed by atoms with Crippen molar-refractivity contribution in [1.29, 1.82) is 0 Å². The highest BCUT2D eigenvalue weighted by Gasteiger charge is 2.04. The zero-order valence-corrected chi connectivity index (χ0v) is 13.2. The highest BCUT2D eigenvalue weighted by molar-refractivity contribution is 6.08. The Balaban J connectivity index is 1.72. The summed E-state index contributed by atoms with van der Waals surface area (Å²) in [6.45, 7) is 0. The molecule has 0 heterocycles. The molecule has 0 spiro atoms. The Kier molecular flexibility index (Phi) is 2.89. The van der Waals surface area contributed by atoms with E-state index in [1.54, 1.807) is 0 Å². The lowest BCUT2D eigenvalue weighted by Gasteiger charge is -2.08. The number of fused-ring (bicyclic) bond motifs is 4. The van der Waals surface area contributed by atoms with Crippen LogP contribution in [0, 0.1) is 6.07 Å². The van der Waals surface area contributed by atoms with Gasteiger partial charge in [-0.2, -0.15) is 0 Å². The number of rotatable bonds is 1. The van der Waals surface area contributed by atoms with Gasteiger partial charge >= 0.3 is 0 Å². The van der Waals surface area contributed by atoms with Crippen LogP contribution in [0.25, 0.3) is 43.4 Å². The average molecular weight is 303 g/mol. The van der Waals surface area contributed by atoms with Crippen LogP contribution in [0.3, 0.4) is 0 Å². The molecule has 0 saturated carbocycles. The molecule has 0 aromatic heterocycles. The van der Waals surface area contributed by atoms with Crippen LogP contribution in [0.5, 0.6) is 0 Å². The van der Waals surface area contributed by atoms with Crippen LogP contribution >= 0.6 is 0 Å². The average Bonchev–Trinajstić information content (AvgIpc) is 2.67. The quantitative estimate of drug-likeness (QED) is 0.305. The second-order valence-electron chi connectivity index (χ2n) is 6.21. The van der Waals surface area contributed by atoms with Gasteiger partial charge in [0, 0.05) is 0 Å². The third kappa shape index (κ3) is 2.08. The molecular weight excluding hydrogens is 288 g/mol. The molecule has 24 heavy (non-hydrogen) atoms. The van der Waals surface area contributed by atoms with Crippen LogP contribution < -0.4 is 0 Å². The highest BCUT2D eigenvalue weighted by Crippen LogP contribution is 2.30. The fraction of sp³-hybridized carbons (Fsp3) is 0. The third-order valence-electron chi connectivity index (χ3n) is 4.76. The van der Waals surface area contributed by atoms with E-state index in [1.165, 1.54) is 43.4 Å². The SMILES string of the molecule is [c]1ccc2ccc(-c3ccc4c(ccc5ccccc54)c3)cc2c1. The second kappa shape index (κ2) is 5.21. The van der Waals surface area contributed by atoms with Gasteiger partial charge in [-0.3, -0.25) is 0 Å². The molecule has 0 fully saturated rings. The summed E-state index contributed by atoms with van der Waals surface area (Å²) >= 11 is 0. The molecule has 0 bridgehead atoms. The maximum Gasteiger partial charge on any atom is -0.0105 e. The van der Waals surface area contributed by atoms with Crippen LogP contribution in [0.4, 0.5) is 0 Å². The van der Waals surface area contributed by atoms with Gasteiger partial charge < -0.3 is 0 Å². The van der Waals surface area contributed by atoms with E-state index in [2.05, 4.69) is 84.9 Å². The number of benzene rings is 5. The topological polar surface area (TPSA) is 0 Å². The molecule has 0 heteroatoms. The minimum atomic E-state index is 1.23. The molecule has 5 aromatic rings. The third-order valence-corrected chi connectivity index (χ3v) is 4.76. The Labute approximate surface area is 141 Å². The Morgan fingerprint density at radius 1 is 0.500 bits per heavy atom. The fourth-order valence-electron chi connectivity index (χ4n) is 3.50. The van der Waals surface area contributed by atoms with E-state index in [1.807, 2.05) is 12.1 Å². The highest BCUT2D eigenvalue weighted by atomic mass is 14.1. The van der Waals surface area contributed by atoms with Crippen LogP contribution in [-0.2, 0) is 0 Å². The largest absolute Gasteiger partial charge is 0.0616 e. The van der Waals surface area contributed by atoms with Gasteiger partial charge in [-0.15, -0.1) is 0 Å². The first-order valence-corrected chi connectivity index (χ1v) is 8.20.